The second-order valence-electron chi connectivity index (χ2n) is 6.20. The summed E-state index contributed by atoms with van der Waals surface area (Å²) in [7, 11) is 0. The van der Waals surface area contributed by atoms with Crippen LogP contribution in [0.4, 0.5) is 10.1 Å². The van der Waals surface area contributed by atoms with Crippen molar-refractivity contribution in [2.75, 3.05) is 4.90 Å². The summed E-state index contributed by atoms with van der Waals surface area (Å²) in [6.07, 6.45) is 4.97. The molecule has 2 heterocycles. The van der Waals surface area contributed by atoms with Crippen LogP contribution in [0, 0.1) is 12.7 Å². The van der Waals surface area contributed by atoms with E-state index in [4.69, 9.17) is 0 Å². The van der Waals surface area contributed by atoms with Crippen molar-refractivity contribution in [2.24, 2.45) is 4.99 Å². The van der Waals surface area contributed by atoms with Gasteiger partial charge in [-0.2, -0.15) is 0 Å². The number of nitrogens with zero attached hydrogens (tertiary/aromatic N) is 3. The number of carbonyl (C=O) groups is 1. The Balaban J connectivity index is 1.85. The van der Waals surface area contributed by atoms with E-state index in [0.29, 0.717) is 5.69 Å². The molecule has 0 N–H and O–H groups in total. The molecule has 0 bridgehead atoms. The van der Waals surface area contributed by atoms with Gasteiger partial charge < -0.3 is 0 Å². The van der Waals surface area contributed by atoms with Gasteiger partial charge in [0.15, 0.2) is 5.84 Å². The summed E-state index contributed by atoms with van der Waals surface area (Å²) in [5, 5.41) is 0. The minimum Gasteiger partial charge on any atom is -0.266 e. The van der Waals surface area contributed by atoms with Crippen LogP contribution < -0.4 is 4.90 Å². The molecule has 0 spiro atoms. The average molecular weight is 357 g/mol. The summed E-state index contributed by atoms with van der Waals surface area (Å²) in [5.74, 6) is -0.442. The average Bonchev–Trinajstić information content (AvgIpc) is 3.00. The van der Waals surface area contributed by atoms with Crippen molar-refractivity contribution in [3.05, 3.63) is 101 Å². The molecule has 1 aliphatic rings. The fourth-order valence-electron chi connectivity index (χ4n) is 2.89. The first-order valence-corrected chi connectivity index (χ1v) is 8.50. The second kappa shape index (κ2) is 6.96. The highest BCUT2D eigenvalue weighted by molar-refractivity contribution is 6.33. The van der Waals surface area contributed by atoms with Gasteiger partial charge in [0.2, 0.25) is 0 Å². The molecule has 1 aromatic heterocycles. The third-order valence-electron chi connectivity index (χ3n) is 4.28. The number of hydrogen-bond donors (Lipinski definition) is 0. The molecule has 27 heavy (non-hydrogen) atoms. The number of rotatable bonds is 3. The third kappa shape index (κ3) is 3.27. The van der Waals surface area contributed by atoms with E-state index >= 15 is 0 Å². The molecule has 132 valence electrons. The first kappa shape index (κ1) is 16.8. The fraction of sp³-hybridized carbons (Fsp3) is 0.0455. The van der Waals surface area contributed by atoms with Crippen molar-refractivity contribution in [1.82, 2.24) is 4.98 Å². The fourth-order valence-corrected chi connectivity index (χ4v) is 2.89. The normalized spacial score (nSPS) is 15.3. The summed E-state index contributed by atoms with van der Waals surface area (Å²) in [5.41, 5.74) is 3.05. The van der Waals surface area contributed by atoms with E-state index in [-0.39, 0.29) is 23.0 Å². The number of aliphatic imine (C=N–C) groups is 1. The number of benzene rings is 2. The van der Waals surface area contributed by atoms with Gasteiger partial charge >= 0.3 is 0 Å². The number of pyridine rings is 1. The van der Waals surface area contributed by atoms with Gasteiger partial charge in [-0.25, -0.2) is 9.38 Å². The number of hydrogen-bond acceptors (Lipinski definition) is 3. The van der Waals surface area contributed by atoms with Gasteiger partial charge in [-0.15, -0.1) is 0 Å². The molecule has 3 aromatic rings. The Morgan fingerprint density at radius 1 is 0.963 bits per heavy atom. The van der Waals surface area contributed by atoms with Crippen molar-refractivity contribution < 1.29 is 9.18 Å². The van der Waals surface area contributed by atoms with Crippen LogP contribution >= 0.6 is 0 Å². The standard InChI is InChI=1S/C22H16FN3O/c1-15-6-8-17(9-7-15)26-21(18-4-2-3-5-19(18)23)25-20(22(26)27)14-16-10-12-24-13-11-16/h2-14H,1H3/b20-14+. The van der Waals surface area contributed by atoms with Crippen molar-refractivity contribution in [2.45, 2.75) is 6.92 Å². The van der Waals surface area contributed by atoms with Crippen molar-refractivity contribution >= 4 is 23.5 Å². The molecule has 1 amide bonds. The summed E-state index contributed by atoms with van der Waals surface area (Å²) in [4.78, 5) is 23.0. The van der Waals surface area contributed by atoms with Gasteiger partial charge in [-0.1, -0.05) is 29.8 Å². The summed E-state index contributed by atoms with van der Waals surface area (Å²) in [6, 6.07) is 17.4. The molecule has 0 saturated carbocycles. The predicted molar refractivity (Wildman–Crippen MR) is 104 cm³/mol. The third-order valence-corrected chi connectivity index (χ3v) is 4.28. The minimum absolute atomic E-state index is 0.250. The zero-order chi connectivity index (χ0) is 18.8. The number of amidine groups is 1. The van der Waals surface area contributed by atoms with Crippen LogP contribution in [0.1, 0.15) is 16.7 Å². The van der Waals surface area contributed by atoms with Crippen molar-refractivity contribution in [1.29, 1.82) is 0 Å². The van der Waals surface area contributed by atoms with Crippen LogP contribution in [0.3, 0.4) is 0 Å². The Labute approximate surface area is 156 Å². The number of carbonyl (C=O) groups excluding carboxylic acids is 1. The molecular weight excluding hydrogens is 341 g/mol. The smallest absolute Gasteiger partial charge is 0.266 e. The Morgan fingerprint density at radius 2 is 1.67 bits per heavy atom. The minimum atomic E-state index is -0.425. The zero-order valence-electron chi connectivity index (χ0n) is 14.6. The van der Waals surface area contributed by atoms with Crippen molar-refractivity contribution in [3.63, 3.8) is 0 Å². The van der Waals surface area contributed by atoms with E-state index in [9.17, 15) is 9.18 Å². The second-order valence-corrected chi connectivity index (χ2v) is 6.20. The lowest BCUT2D eigenvalue weighted by Crippen LogP contribution is -2.33. The lowest BCUT2D eigenvalue weighted by molar-refractivity contribution is -0.113. The molecule has 0 fully saturated rings. The topological polar surface area (TPSA) is 45.6 Å². The summed E-state index contributed by atoms with van der Waals surface area (Å²) in [6.45, 7) is 1.97. The maximum absolute atomic E-state index is 14.4. The van der Waals surface area contributed by atoms with Gasteiger partial charge in [0, 0.05) is 12.4 Å². The van der Waals surface area contributed by atoms with Crippen LogP contribution in [0.5, 0.6) is 0 Å². The highest BCUT2D eigenvalue weighted by atomic mass is 19.1. The Morgan fingerprint density at radius 3 is 2.37 bits per heavy atom. The van der Waals surface area contributed by atoms with E-state index in [2.05, 4.69) is 9.98 Å². The van der Waals surface area contributed by atoms with Crippen molar-refractivity contribution in [3.8, 4) is 0 Å². The SMILES string of the molecule is Cc1ccc(N2C(=O)/C(=C\c3ccncc3)N=C2c2ccccc2F)cc1. The van der Waals surface area contributed by atoms with E-state index in [1.165, 1.54) is 11.0 Å². The molecule has 5 heteroatoms. The lowest BCUT2D eigenvalue weighted by Gasteiger charge is -2.19. The molecule has 0 saturated heterocycles. The zero-order valence-corrected chi connectivity index (χ0v) is 14.6. The molecule has 0 atom stereocenters. The van der Waals surface area contributed by atoms with E-state index in [1.807, 2.05) is 31.2 Å². The lowest BCUT2D eigenvalue weighted by atomic mass is 10.1. The molecule has 0 aliphatic carbocycles. The number of aryl methyl sites for hydroxylation is 1. The van der Waals surface area contributed by atoms with Gasteiger partial charge in [0.05, 0.1) is 11.3 Å². The van der Waals surface area contributed by atoms with E-state index < -0.39 is 5.82 Å². The molecule has 2 aromatic carbocycles. The van der Waals surface area contributed by atoms with Crippen LogP contribution in [0.25, 0.3) is 6.08 Å². The monoisotopic (exact) mass is 357 g/mol. The molecule has 0 unspecified atom stereocenters. The maximum Gasteiger partial charge on any atom is 0.282 e. The number of aromatic nitrogens is 1. The summed E-state index contributed by atoms with van der Waals surface area (Å²) < 4.78 is 14.4. The van der Waals surface area contributed by atoms with Gasteiger partial charge in [0.1, 0.15) is 11.5 Å². The van der Waals surface area contributed by atoms with Crippen LogP contribution in [0.15, 0.2) is 83.7 Å². The first-order chi connectivity index (χ1) is 13.1. The van der Waals surface area contributed by atoms with Gasteiger partial charge in [0.25, 0.3) is 5.91 Å². The first-order valence-electron chi connectivity index (χ1n) is 8.50. The highest BCUT2D eigenvalue weighted by Gasteiger charge is 2.33. The van der Waals surface area contributed by atoms with Crippen LogP contribution in [0.2, 0.25) is 0 Å². The van der Waals surface area contributed by atoms with Crippen LogP contribution in [-0.4, -0.2) is 16.7 Å². The molecule has 4 rings (SSSR count). The van der Waals surface area contributed by atoms with E-state index in [1.54, 1.807) is 48.8 Å². The largest absolute Gasteiger partial charge is 0.282 e. The Hall–Kier alpha value is -3.60. The van der Waals surface area contributed by atoms with Gasteiger partial charge in [-0.3, -0.25) is 14.7 Å². The summed E-state index contributed by atoms with van der Waals surface area (Å²) >= 11 is 0. The van der Waals surface area contributed by atoms with Gasteiger partial charge in [-0.05, 0) is 55.0 Å². The van der Waals surface area contributed by atoms with E-state index in [0.717, 1.165) is 11.1 Å². The highest BCUT2D eigenvalue weighted by Crippen LogP contribution is 2.28. The number of anilines is 1. The number of halogens is 1. The Bertz CT molecular complexity index is 1060. The number of amides is 1. The van der Waals surface area contributed by atoms with Crippen LogP contribution in [-0.2, 0) is 4.79 Å². The molecule has 0 radical (unpaired) electrons. The molecule has 1 aliphatic heterocycles. The predicted octanol–water partition coefficient (Wildman–Crippen LogP) is 4.36. The maximum atomic E-state index is 14.4. The molecular formula is C22H16FN3O. The Kier molecular flexibility index (Phi) is 4.34. The molecule has 4 nitrogen and oxygen atoms in total. The quantitative estimate of drug-likeness (QED) is 0.654.